The molecule has 7 heteroatoms. The molecule has 12 heavy (non-hydrogen) atoms. The lowest BCUT2D eigenvalue weighted by atomic mass is 10.1. The van der Waals surface area contributed by atoms with Crippen molar-refractivity contribution in [2.24, 2.45) is 0 Å². The van der Waals surface area contributed by atoms with Crippen molar-refractivity contribution < 1.29 is 35.9 Å². The standard InChI is InChI=1S/C5H8BrF2NO3/c7-5(8)1-3-9(4-2-5)12-6(10)11/h1-4H2. The van der Waals surface area contributed by atoms with Gasteiger partial charge in [0.1, 0.15) is 0 Å². The summed E-state index contributed by atoms with van der Waals surface area (Å²) >= 11 is -3.31. The largest absolute Gasteiger partial charge is 0.464 e. The van der Waals surface area contributed by atoms with Gasteiger partial charge in [-0.05, 0) is 0 Å². The molecule has 0 spiro atoms. The fourth-order valence-corrected chi connectivity index (χ4v) is 1.59. The molecule has 0 amide bonds. The van der Waals surface area contributed by atoms with Gasteiger partial charge in [-0.2, -0.15) is 0 Å². The van der Waals surface area contributed by atoms with Gasteiger partial charge in [0.05, 0.1) is 3.93 Å². The van der Waals surface area contributed by atoms with Gasteiger partial charge in [0.25, 0.3) is 5.92 Å². The minimum absolute atomic E-state index is 0.0355. The van der Waals surface area contributed by atoms with E-state index in [1.54, 1.807) is 0 Å². The number of piperidine rings is 1. The molecule has 1 saturated heterocycles. The van der Waals surface area contributed by atoms with Crippen molar-refractivity contribution in [3.05, 3.63) is 0 Å². The van der Waals surface area contributed by atoms with Crippen molar-refractivity contribution in [1.29, 1.82) is 0 Å². The van der Waals surface area contributed by atoms with Gasteiger partial charge < -0.3 is 8.40 Å². The lowest BCUT2D eigenvalue weighted by Gasteiger charge is -2.25. The van der Waals surface area contributed by atoms with Gasteiger partial charge >= 0.3 is 14.8 Å². The summed E-state index contributed by atoms with van der Waals surface area (Å²) in [6, 6.07) is 0. The number of hydroxylamine groups is 2. The highest BCUT2D eigenvalue weighted by Crippen LogP contribution is 2.27. The van der Waals surface area contributed by atoms with Crippen LogP contribution in [-0.4, -0.2) is 24.1 Å². The molecular formula is C5H8BrF2NO3. The van der Waals surface area contributed by atoms with Crippen molar-refractivity contribution in [3.8, 4) is 0 Å². The lowest BCUT2D eigenvalue weighted by molar-refractivity contribution is -1.64. The first-order valence-electron chi connectivity index (χ1n) is 3.36. The van der Waals surface area contributed by atoms with Gasteiger partial charge in [0.2, 0.25) is 0 Å². The smallest absolute Gasteiger partial charge is 0.371 e. The van der Waals surface area contributed by atoms with E-state index in [1.165, 1.54) is 0 Å². The van der Waals surface area contributed by atoms with Gasteiger partial charge in [-0.15, -0.1) is 0 Å². The molecule has 0 N–H and O–H groups in total. The summed E-state index contributed by atoms with van der Waals surface area (Å²) < 4.78 is 49.4. The Morgan fingerprint density at radius 3 is 2.17 bits per heavy atom. The first-order valence-corrected chi connectivity index (χ1v) is 5.31. The lowest BCUT2D eigenvalue weighted by Crippen LogP contribution is -2.46. The molecule has 72 valence electrons. The molecule has 1 aliphatic rings. The van der Waals surface area contributed by atoms with E-state index < -0.39 is 20.7 Å². The van der Waals surface area contributed by atoms with Crippen LogP contribution >= 0.6 is 0 Å². The van der Waals surface area contributed by atoms with Crippen LogP contribution in [0.4, 0.5) is 8.78 Å². The first kappa shape index (κ1) is 10.3. The van der Waals surface area contributed by atoms with Crippen LogP contribution in [0.5, 0.6) is 0 Å². The summed E-state index contributed by atoms with van der Waals surface area (Å²) in [5.74, 6) is -2.67. The van der Waals surface area contributed by atoms with Crippen LogP contribution in [0, 0.1) is 14.8 Å². The van der Waals surface area contributed by atoms with E-state index in [9.17, 15) is 17.2 Å². The third-order valence-electron chi connectivity index (χ3n) is 1.61. The van der Waals surface area contributed by atoms with Crippen LogP contribution < -0.4 is 8.40 Å². The van der Waals surface area contributed by atoms with Crippen LogP contribution in [0.15, 0.2) is 0 Å². The molecule has 0 atom stereocenters. The number of hydrogen-bond acceptors (Lipinski definition) is 4. The highest BCUT2D eigenvalue weighted by Gasteiger charge is 2.37. The second-order valence-electron chi connectivity index (χ2n) is 2.54. The first-order chi connectivity index (χ1) is 5.49. The van der Waals surface area contributed by atoms with E-state index >= 15 is 0 Å². The average Bonchev–Trinajstić information content (AvgIpc) is 1.93. The van der Waals surface area contributed by atoms with Crippen molar-refractivity contribution in [2.45, 2.75) is 18.8 Å². The third kappa shape index (κ3) is 3.28. The Labute approximate surface area is 73.5 Å². The molecule has 0 aromatic carbocycles. The van der Waals surface area contributed by atoms with Gasteiger partial charge in [0, 0.05) is 25.9 Å². The van der Waals surface area contributed by atoms with E-state index in [0.29, 0.717) is 0 Å². The van der Waals surface area contributed by atoms with Crippen LogP contribution in [0.1, 0.15) is 12.8 Å². The van der Waals surface area contributed by atoms with E-state index in [-0.39, 0.29) is 25.9 Å². The molecule has 0 aromatic heterocycles. The summed E-state index contributed by atoms with van der Waals surface area (Å²) in [6.07, 6.45) is -0.689. The molecule has 1 fully saturated rings. The zero-order valence-electron chi connectivity index (χ0n) is 6.13. The van der Waals surface area contributed by atoms with E-state index in [4.69, 9.17) is 0 Å². The van der Waals surface area contributed by atoms with Gasteiger partial charge in [-0.1, -0.05) is 5.06 Å². The quantitative estimate of drug-likeness (QED) is 0.611. The minimum Gasteiger partial charge on any atom is -0.371 e. The van der Waals surface area contributed by atoms with Crippen molar-refractivity contribution in [2.75, 3.05) is 13.1 Å². The Morgan fingerprint density at radius 1 is 1.25 bits per heavy atom. The Morgan fingerprint density at radius 2 is 1.75 bits per heavy atom. The monoisotopic (exact) mass is 247 g/mol. The molecule has 0 bridgehead atoms. The Balaban J connectivity index is 2.27. The number of nitrogens with zero attached hydrogens (tertiary/aromatic N) is 1. The molecule has 1 aliphatic heterocycles. The van der Waals surface area contributed by atoms with Gasteiger partial charge in [0.15, 0.2) is 0 Å². The summed E-state index contributed by atoms with van der Waals surface area (Å²) in [6.45, 7) is -0.0710. The van der Waals surface area contributed by atoms with E-state index in [0.717, 1.165) is 5.06 Å². The second-order valence-corrected chi connectivity index (χ2v) is 3.63. The summed E-state index contributed by atoms with van der Waals surface area (Å²) in [7, 11) is 0. The average molecular weight is 248 g/mol. The number of alkyl halides is 2. The van der Waals surface area contributed by atoms with Crippen LogP contribution in [0.2, 0.25) is 0 Å². The van der Waals surface area contributed by atoms with Gasteiger partial charge in [-0.25, -0.2) is 8.78 Å². The van der Waals surface area contributed by atoms with Crippen molar-refractivity contribution >= 4 is 0 Å². The maximum absolute atomic E-state index is 12.5. The molecule has 1 heterocycles. The molecule has 0 aromatic rings. The minimum atomic E-state index is -3.31. The second kappa shape index (κ2) is 3.93. The van der Waals surface area contributed by atoms with Gasteiger partial charge in [-0.3, -0.25) is 0 Å². The number of hydrogen-bond donors (Lipinski definition) is 0. The zero-order valence-corrected chi connectivity index (χ0v) is 7.72. The Bertz CT molecular complexity index is 148. The summed E-state index contributed by atoms with van der Waals surface area (Å²) in [4.78, 5) is 0. The topological polar surface area (TPSA) is 58.6 Å². The van der Waals surface area contributed by atoms with E-state index in [2.05, 4.69) is 3.93 Å². The van der Waals surface area contributed by atoms with Crippen LogP contribution in [-0.2, 0) is 3.93 Å². The highest BCUT2D eigenvalue weighted by molar-refractivity contribution is 4.73. The SMILES string of the molecule is [O-][Br+2]([O-])ON1CCC(F)(F)CC1. The maximum Gasteiger partial charge on any atom is 0.464 e. The maximum atomic E-state index is 12.5. The zero-order chi connectivity index (χ0) is 9.19. The normalized spacial score (nSPS) is 24.8. The molecule has 4 nitrogen and oxygen atoms in total. The van der Waals surface area contributed by atoms with Crippen LogP contribution in [0.3, 0.4) is 0 Å². The Kier molecular flexibility index (Phi) is 3.36. The highest BCUT2D eigenvalue weighted by atomic mass is 80.0. The van der Waals surface area contributed by atoms with Crippen molar-refractivity contribution in [3.63, 3.8) is 0 Å². The fourth-order valence-electron chi connectivity index (χ4n) is 0.962. The predicted molar refractivity (Wildman–Crippen MR) is 26.8 cm³/mol. The Hall–Kier alpha value is 0.180. The molecule has 0 radical (unpaired) electrons. The van der Waals surface area contributed by atoms with E-state index in [1.807, 2.05) is 0 Å². The molecular weight excluding hydrogens is 240 g/mol. The summed E-state index contributed by atoms with van der Waals surface area (Å²) in [5.41, 5.74) is 0. The molecule has 0 unspecified atom stereocenters. The molecule has 0 saturated carbocycles. The van der Waals surface area contributed by atoms with Crippen molar-refractivity contribution in [1.82, 2.24) is 5.06 Å². The third-order valence-corrected chi connectivity index (χ3v) is 2.25. The molecule has 1 rings (SSSR count). The van der Waals surface area contributed by atoms with Crippen LogP contribution in [0.25, 0.3) is 0 Å². The summed E-state index contributed by atoms with van der Waals surface area (Å²) in [5, 5.41) is 1.05. The predicted octanol–water partition coefficient (Wildman–Crippen LogP) is -1.26. The fraction of sp³-hybridized carbons (Fsp3) is 1.00. The molecule has 0 aliphatic carbocycles. The number of halogens is 3. The number of rotatable bonds is 2.